The number of nitrogens with zero attached hydrogens (tertiary/aromatic N) is 2. The van der Waals surface area contributed by atoms with Gasteiger partial charge in [-0.1, -0.05) is 25.2 Å². The number of rotatable bonds is 3. The van der Waals surface area contributed by atoms with Gasteiger partial charge in [-0.2, -0.15) is 0 Å². The van der Waals surface area contributed by atoms with E-state index in [9.17, 15) is 5.11 Å². The number of aliphatic hydroxyl groups excluding tert-OH is 1. The van der Waals surface area contributed by atoms with Crippen molar-refractivity contribution >= 4 is 16.5 Å². The highest BCUT2D eigenvalue weighted by molar-refractivity contribution is 7.15. The summed E-state index contributed by atoms with van der Waals surface area (Å²) in [5.74, 6) is 0.823. The summed E-state index contributed by atoms with van der Waals surface area (Å²) < 4.78 is 0. The highest BCUT2D eigenvalue weighted by Crippen LogP contribution is 2.32. The van der Waals surface area contributed by atoms with Gasteiger partial charge in [0.15, 0.2) is 5.13 Å². The molecule has 1 N–H and O–H groups in total. The summed E-state index contributed by atoms with van der Waals surface area (Å²) >= 11 is 1.66. The van der Waals surface area contributed by atoms with Crippen molar-refractivity contribution in [2.24, 2.45) is 5.92 Å². The number of aliphatic hydroxyl groups is 1. The lowest BCUT2D eigenvalue weighted by Crippen LogP contribution is -2.40. The van der Waals surface area contributed by atoms with Gasteiger partial charge < -0.3 is 10.0 Å². The smallest absolute Gasteiger partial charge is 0.186 e. The molecule has 2 rings (SSSR count). The second-order valence-corrected chi connectivity index (χ2v) is 6.11. The average Bonchev–Trinajstić information content (AvgIpc) is 2.72. The van der Waals surface area contributed by atoms with Gasteiger partial charge in [-0.15, -0.1) is 0 Å². The fourth-order valence-corrected chi connectivity index (χ4v) is 3.72. The summed E-state index contributed by atoms with van der Waals surface area (Å²) in [5, 5.41) is 10.4. The van der Waals surface area contributed by atoms with Crippen molar-refractivity contribution in [3.63, 3.8) is 0 Å². The van der Waals surface area contributed by atoms with E-state index in [0.717, 1.165) is 34.6 Å². The van der Waals surface area contributed by atoms with Crippen molar-refractivity contribution in [1.29, 1.82) is 0 Å². The molecule has 1 aliphatic rings. The molecule has 0 saturated carbocycles. The number of piperidine rings is 1. The Labute approximate surface area is 107 Å². The molecule has 1 saturated heterocycles. The molecule has 2 unspecified atom stereocenters. The van der Waals surface area contributed by atoms with Gasteiger partial charge in [0.2, 0.25) is 0 Å². The topological polar surface area (TPSA) is 36.4 Å². The minimum Gasteiger partial charge on any atom is -0.391 e. The van der Waals surface area contributed by atoms with Crippen LogP contribution in [0, 0.1) is 5.92 Å². The largest absolute Gasteiger partial charge is 0.391 e. The molecule has 0 spiro atoms. The van der Waals surface area contributed by atoms with Crippen molar-refractivity contribution in [2.45, 2.75) is 52.7 Å². The van der Waals surface area contributed by atoms with Gasteiger partial charge in [0.1, 0.15) is 0 Å². The van der Waals surface area contributed by atoms with Gasteiger partial charge in [0, 0.05) is 12.6 Å². The van der Waals surface area contributed by atoms with Crippen LogP contribution in [0.2, 0.25) is 0 Å². The predicted molar refractivity (Wildman–Crippen MR) is 72.6 cm³/mol. The molecule has 1 aromatic rings. The van der Waals surface area contributed by atoms with E-state index < -0.39 is 0 Å². The summed E-state index contributed by atoms with van der Waals surface area (Å²) in [7, 11) is 0. The third-order valence-corrected chi connectivity index (χ3v) is 4.75. The van der Waals surface area contributed by atoms with Crippen LogP contribution in [0.25, 0.3) is 0 Å². The van der Waals surface area contributed by atoms with Crippen LogP contribution in [0.4, 0.5) is 5.13 Å². The summed E-state index contributed by atoms with van der Waals surface area (Å²) in [4.78, 5) is 8.12. The van der Waals surface area contributed by atoms with Crippen LogP contribution in [0.5, 0.6) is 0 Å². The van der Waals surface area contributed by atoms with Gasteiger partial charge in [-0.25, -0.2) is 4.98 Å². The van der Waals surface area contributed by atoms with Crippen LogP contribution < -0.4 is 4.90 Å². The van der Waals surface area contributed by atoms with Crippen LogP contribution in [0.1, 0.15) is 44.2 Å². The molecule has 1 aromatic heterocycles. The fraction of sp³-hybridized carbons (Fsp3) is 0.769. The minimum atomic E-state index is 0.124. The number of hydrogen-bond donors (Lipinski definition) is 1. The third kappa shape index (κ3) is 2.63. The molecule has 96 valence electrons. The van der Waals surface area contributed by atoms with Crippen molar-refractivity contribution in [1.82, 2.24) is 4.98 Å². The van der Waals surface area contributed by atoms with Crippen LogP contribution in [-0.4, -0.2) is 22.7 Å². The van der Waals surface area contributed by atoms with E-state index in [4.69, 9.17) is 0 Å². The molecule has 2 atom stereocenters. The Hall–Kier alpha value is -0.610. The standard InChI is InChI=1S/C13H22N2OS/c1-4-11-12(8-16)17-13(14-11)15-6-5-9(2)7-10(15)3/h9-10,16H,4-8H2,1-3H3. The van der Waals surface area contributed by atoms with Crippen molar-refractivity contribution < 1.29 is 5.11 Å². The minimum absolute atomic E-state index is 0.124. The predicted octanol–water partition coefficient (Wildman–Crippen LogP) is 2.82. The highest BCUT2D eigenvalue weighted by Gasteiger charge is 2.25. The zero-order valence-corrected chi connectivity index (χ0v) is 11.8. The first-order valence-electron chi connectivity index (χ1n) is 6.51. The van der Waals surface area contributed by atoms with Crippen molar-refractivity contribution in [3.8, 4) is 0 Å². The summed E-state index contributed by atoms with van der Waals surface area (Å²) in [6.45, 7) is 7.93. The number of aryl methyl sites for hydroxylation is 1. The lowest BCUT2D eigenvalue weighted by Gasteiger charge is -2.36. The number of thiazole rings is 1. The third-order valence-electron chi connectivity index (χ3n) is 3.63. The van der Waals surface area contributed by atoms with Gasteiger partial charge in [-0.05, 0) is 32.1 Å². The molecular formula is C13H22N2OS. The SMILES string of the molecule is CCc1nc(N2CCC(C)CC2C)sc1CO. The van der Waals surface area contributed by atoms with Gasteiger partial charge in [0.25, 0.3) is 0 Å². The van der Waals surface area contributed by atoms with Crippen LogP contribution in [0.3, 0.4) is 0 Å². The van der Waals surface area contributed by atoms with E-state index >= 15 is 0 Å². The summed E-state index contributed by atoms with van der Waals surface area (Å²) in [6, 6.07) is 0.571. The molecule has 0 aromatic carbocycles. The maximum atomic E-state index is 9.32. The molecule has 2 heterocycles. The molecule has 0 aliphatic carbocycles. The second-order valence-electron chi connectivity index (χ2n) is 5.05. The van der Waals surface area contributed by atoms with E-state index in [-0.39, 0.29) is 6.61 Å². The molecule has 4 heteroatoms. The zero-order chi connectivity index (χ0) is 12.4. The fourth-order valence-electron chi connectivity index (χ4n) is 2.58. The summed E-state index contributed by atoms with van der Waals surface area (Å²) in [5.41, 5.74) is 1.07. The Bertz CT molecular complexity index is 356. The van der Waals surface area contributed by atoms with Crippen LogP contribution in [-0.2, 0) is 13.0 Å². The van der Waals surface area contributed by atoms with Crippen LogP contribution >= 0.6 is 11.3 Å². The molecule has 0 bridgehead atoms. The Morgan fingerprint density at radius 1 is 1.47 bits per heavy atom. The first-order valence-corrected chi connectivity index (χ1v) is 7.33. The second kappa shape index (κ2) is 5.36. The van der Waals surface area contributed by atoms with E-state index in [1.807, 2.05) is 0 Å². The van der Waals surface area contributed by atoms with E-state index in [1.165, 1.54) is 12.8 Å². The molecule has 3 nitrogen and oxygen atoms in total. The lowest BCUT2D eigenvalue weighted by atomic mass is 9.94. The molecule has 17 heavy (non-hydrogen) atoms. The molecule has 1 aliphatic heterocycles. The van der Waals surface area contributed by atoms with E-state index in [0.29, 0.717) is 6.04 Å². The van der Waals surface area contributed by atoms with Gasteiger partial charge in [0.05, 0.1) is 17.2 Å². The Morgan fingerprint density at radius 3 is 2.76 bits per heavy atom. The van der Waals surface area contributed by atoms with E-state index in [2.05, 4.69) is 30.7 Å². The Morgan fingerprint density at radius 2 is 2.24 bits per heavy atom. The number of aromatic nitrogens is 1. The Kier molecular flexibility index (Phi) is 4.05. The molecule has 1 fully saturated rings. The maximum Gasteiger partial charge on any atom is 0.186 e. The van der Waals surface area contributed by atoms with Crippen molar-refractivity contribution in [3.05, 3.63) is 10.6 Å². The normalized spacial score (nSPS) is 25.3. The molecule has 0 radical (unpaired) electrons. The molecule has 0 amide bonds. The first-order chi connectivity index (χ1) is 8.15. The van der Waals surface area contributed by atoms with Gasteiger partial charge >= 0.3 is 0 Å². The van der Waals surface area contributed by atoms with E-state index in [1.54, 1.807) is 11.3 Å². The quantitative estimate of drug-likeness (QED) is 0.901. The van der Waals surface area contributed by atoms with Gasteiger partial charge in [-0.3, -0.25) is 0 Å². The first kappa shape index (κ1) is 12.8. The zero-order valence-electron chi connectivity index (χ0n) is 10.9. The summed E-state index contributed by atoms with van der Waals surface area (Å²) in [6.07, 6.45) is 3.40. The molecular weight excluding hydrogens is 232 g/mol. The lowest BCUT2D eigenvalue weighted by molar-refractivity contribution is 0.284. The maximum absolute atomic E-state index is 9.32. The monoisotopic (exact) mass is 254 g/mol. The Balaban J connectivity index is 2.19. The average molecular weight is 254 g/mol. The van der Waals surface area contributed by atoms with Crippen molar-refractivity contribution in [2.75, 3.05) is 11.4 Å². The number of hydrogen-bond acceptors (Lipinski definition) is 4. The van der Waals surface area contributed by atoms with Crippen LogP contribution in [0.15, 0.2) is 0 Å². The number of anilines is 1. The highest BCUT2D eigenvalue weighted by atomic mass is 32.1.